The Morgan fingerprint density at radius 2 is 2.19 bits per heavy atom. The average molecular weight is 288 g/mol. The Hall–Kier alpha value is 0.290. The van der Waals surface area contributed by atoms with Crippen LogP contribution in [0.5, 0.6) is 0 Å². The molecule has 0 unspecified atom stereocenters. The third kappa shape index (κ3) is 2.42. The fraction of sp³-hybridized carbons (Fsp3) is 0.455. The normalized spacial score (nSPS) is 19.3. The molecule has 1 aromatic rings. The van der Waals surface area contributed by atoms with Crippen molar-refractivity contribution in [1.29, 1.82) is 0 Å². The van der Waals surface area contributed by atoms with E-state index in [9.17, 15) is 0 Å². The van der Waals surface area contributed by atoms with Crippen LogP contribution in [0.1, 0.15) is 12.1 Å². The minimum Gasteiger partial charge on any atom is -0.258 e. The topological polar surface area (TPSA) is 12.9 Å². The highest BCUT2D eigenvalue weighted by Gasteiger charge is 2.40. The Bertz CT molecular complexity index is 360. The maximum Gasteiger partial charge on any atom is 0.144 e. The van der Waals surface area contributed by atoms with Gasteiger partial charge in [-0.15, -0.1) is 35.3 Å². The zero-order valence-corrected chi connectivity index (χ0v) is 12.3. The molecule has 0 aliphatic carbocycles. The lowest BCUT2D eigenvalue weighted by atomic mass is 10.3. The van der Waals surface area contributed by atoms with Crippen LogP contribution in [0.2, 0.25) is 0 Å². The largest absolute Gasteiger partial charge is 0.258 e. The molecule has 0 atom stereocenters. The number of thioether (sulfide) groups is 3. The number of rotatable bonds is 2. The van der Waals surface area contributed by atoms with Crippen molar-refractivity contribution in [3.8, 4) is 0 Å². The molecule has 0 radical (unpaired) electrons. The maximum atomic E-state index is 5.55. The van der Waals surface area contributed by atoms with E-state index in [4.69, 9.17) is 12.2 Å². The van der Waals surface area contributed by atoms with Crippen molar-refractivity contribution in [2.24, 2.45) is 0 Å². The van der Waals surface area contributed by atoms with Gasteiger partial charge < -0.3 is 0 Å². The van der Waals surface area contributed by atoms with Crippen molar-refractivity contribution < 1.29 is 0 Å². The molecule has 0 N–H and O–H groups in total. The number of thiocarbonyl (C=S) groups is 1. The first-order valence-corrected chi connectivity index (χ1v) is 8.68. The van der Waals surface area contributed by atoms with Crippen molar-refractivity contribution in [3.63, 3.8) is 0 Å². The first kappa shape index (κ1) is 12.7. The molecule has 0 bridgehead atoms. The predicted molar refractivity (Wildman–Crippen MR) is 81.6 cm³/mol. The Balaban J connectivity index is 2.38. The van der Waals surface area contributed by atoms with Gasteiger partial charge in [-0.1, -0.05) is 18.3 Å². The van der Waals surface area contributed by atoms with Crippen LogP contribution < -0.4 is 0 Å². The maximum absolute atomic E-state index is 5.55. The second-order valence-electron chi connectivity index (χ2n) is 3.37. The Morgan fingerprint density at radius 3 is 2.75 bits per heavy atom. The lowest BCUT2D eigenvalue weighted by Crippen LogP contribution is -2.30. The van der Waals surface area contributed by atoms with Crippen LogP contribution in [0.4, 0.5) is 0 Å². The summed E-state index contributed by atoms with van der Waals surface area (Å²) in [5, 5.41) is 0. The number of hydrogen-bond acceptors (Lipinski definition) is 5. The molecule has 1 aliphatic heterocycles. The minimum atomic E-state index is -0.103. The van der Waals surface area contributed by atoms with Crippen molar-refractivity contribution in [3.05, 3.63) is 30.1 Å². The highest BCUT2D eigenvalue weighted by molar-refractivity contribution is 8.30. The highest BCUT2D eigenvalue weighted by atomic mass is 32.2. The predicted octanol–water partition coefficient (Wildman–Crippen LogP) is 3.79. The van der Waals surface area contributed by atoms with Gasteiger partial charge in [0.2, 0.25) is 0 Å². The lowest BCUT2D eigenvalue weighted by Gasteiger charge is -2.35. The van der Waals surface area contributed by atoms with Gasteiger partial charge in [0.05, 0.1) is 9.89 Å². The second-order valence-corrected chi connectivity index (χ2v) is 7.73. The molecule has 86 valence electrons. The highest BCUT2D eigenvalue weighted by Crippen LogP contribution is 2.52. The van der Waals surface area contributed by atoms with Crippen LogP contribution in [0.3, 0.4) is 0 Å². The molecule has 16 heavy (non-hydrogen) atoms. The van der Waals surface area contributed by atoms with Gasteiger partial charge >= 0.3 is 0 Å². The first-order chi connectivity index (χ1) is 7.79. The van der Waals surface area contributed by atoms with Gasteiger partial charge in [0.25, 0.3) is 0 Å². The lowest BCUT2D eigenvalue weighted by molar-refractivity contribution is 1.03. The van der Waals surface area contributed by atoms with Crippen molar-refractivity contribution in [2.75, 3.05) is 17.8 Å². The van der Waals surface area contributed by atoms with Gasteiger partial charge in [0, 0.05) is 6.20 Å². The monoisotopic (exact) mass is 287 g/mol. The summed E-state index contributed by atoms with van der Waals surface area (Å²) >= 11 is 11.1. The van der Waals surface area contributed by atoms with E-state index in [-0.39, 0.29) is 4.08 Å². The molecule has 1 fully saturated rings. The SMILES string of the molecule is CSC(=S)C1(c2ccccn2)SCCCS1. The van der Waals surface area contributed by atoms with E-state index in [1.165, 1.54) is 17.9 Å². The molecule has 2 rings (SSSR count). The number of aromatic nitrogens is 1. The molecule has 0 aromatic carbocycles. The smallest absolute Gasteiger partial charge is 0.144 e. The van der Waals surface area contributed by atoms with Crippen LogP contribution in [0, 0.1) is 0 Å². The number of pyridine rings is 1. The summed E-state index contributed by atoms with van der Waals surface area (Å²) in [7, 11) is 0. The summed E-state index contributed by atoms with van der Waals surface area (Å²) < 4.78 is 0.940. The molecule has 1 saturated heterocycles. The van der Waals surface area contributed by atoms with Crippen LogP contribution in [0.15, 0.2) is 24.4 Å². The molecule has 0 saturated carbocycles. The molecule has 1 aliphatic rings. The van der Waals surface area contributed by atoms with E-state index in [1.807, 2.05) is 41.9 Å². The average Bonchev–Trinajstić information content (AvgIpc) is 2.39. The van der Waals surface area contributed by atoms with Gasteiger partial charge in [-0.25, -0.2) is 0 Å². The Labute approximate surface area is 115 Å². The summed E-state index contributed by atoms with van der Waals surface area (Å²) in [6.07, 6.45) is 5.18. The molecule has 0 amide bonds. The summed E-state index contributed by atoms with van der Waals surface area (Å²) in [6.45, 7) is 0. The number of nitrogens with zero attached hydrogens (tertiary/aromatic N) is 1. The van der Waals surface area contributed by atoms with E-state index in [2.05, 4.69) is 17.3 Å². The van der Waals surface area contributed by atoms with E-state index in [0.29, 0.717) is 0 Å². The van der Waals surface area contributed by atoms with E-state index >= 15 is 0 Å². The third-order valence-electron chi connectivity index (χ3n) is 2.36. The van der Waals surface area contributed by atoms with Crippen molar-refractivity contribution >= 4 is 51.7 Å². The van der Waals surface area contributed by atoms with Crippen LogP contribution in [-0.4, -0.2) is 26.9 Å². The summed E-state index contributed by atoms with van der Waals surface area (Å²) in [6, 6.07) is 6.09. The standard InChI is InChI=1S/C11H13NS4/c1-14-10(13)11(15-7-4-8-16-11)9-5-2-3-6-12-9/h2-3,5-6H,4,7-8H2,1H3. The van der Waals surface area contributed by atoms with Gasteiger partial charge in [-0.2, -0.15) is 0 Å². The van der Waals surface area contributed by atoms with Gasteiger partial charge in [-0.3, -0.25) is 4.98 Å². The molecular weight excluding hydrogens is 274 g/mol. The quantitative estimate of drug-likeness (QED) is 0.765. The van der Waals surface area contributed by atoms with Gasteiger partial charge in [0.1, 0.15) is 4.08 Å². The van der Waals surface area contributed by atoms with E-state index in [1.54, 1.807) is 11.8 Å². The molecule has 0 spiro atoms. The summed E-state index contributed by atoms with van der Waals surface area (Å²) in [4.78, 5) is 4.50. The fourth-order valence-corrected chi connectivity index (χ4v) is 6.22. The molecule has 1 nitrogen and oxygen atoms in total. The van der Waals surface area contributed by atoms with Gasteiger partial charge in [0.15, 0.2) is 0 Å². The third-order valence-corrected chi connectivity index (χ3v) is 7.69. The second kappa shape index (κ2) is 5.76. The Morgan fingerprint density at radius 1 is 1.44 bits per heavy atom. The first-order valence-electron chi connectivity index (χ1n) is 5.07. The molecule has 5 heteroatoms. The van der Waals surface area contributed by atoms with Crippen LogP contribution in [-0.2, 0) is 4.08 Å². The van der Waals surface area contributed by atoms with Gasteiger partial charge in [-0.05, 0) is 36.3 Å². The zero-order valence-electron chi connectivity index (χ0n) is 9.01. The summed E-state index contributed by atoms with van der Waals surface area (Å²) in [5.41, 5.74) is 1.10. The molecular formula is C11H13NS4. The van der Waals surface area contributed by atoms with E-state index < -0.39 is 0 Å². The summed E-state index contributed by atoms with van der Waals surface area (Å²) in [5.74, 6) is 2.34. The molecule has 2 heterocycles. The number of hydrogen-bond donors (Lipinski definition) is 0. The van der Waals surface area contributed by atoms with Crippen molar-refractivity contribution in [1.82, 2.24) is 4.98 Å². The van der Waals surface area contributed by atoms with Crippen LogP contribution in [0.25, 0.3) is 0 Å². The van der Waals surface area contributed by atoms with Crippen molar-refractivity contribution in [2.45, 2.75) is 10.5 Å². The fourth-order valence-electron chi connectivity index (χ4n) is 1.59. The van der Waals surface area contributed by atoms with E-state index in [0.717, 1.165) is 9.89 Å². The minimum absolute atomic E-state index is 0.103. The van der Waals surface area contributed by atoms with Crippen LogP contribution >= 0.6 is 47.5 Å². The zero-order chi connectivity index (χ0) is 11.4. The Kier molecular flexibility index (Phi) is 4.58. The molecule has 1 aromatic heterocycles.